The zero-order valence-electron chi connectivity index (χ0n) is 24.7. The summed E-state index contributed by atoms with van der Waals surface area (Å²) in [7, 11) is 3.76. The number of anilines is 1. The highest BCUT2D eigenvalue weighted by Crippen LogP contribution is 2.65. The van der Waals surface area contributed by atoms with Crippen LogP contribution in [0.1, 0.15) is 91.0 Å². The molecule has 0 saturated heterocycles. The summed E-state index contributed by atoms with van der Waals surface area (Å²) >= 11 is 0. The van der Waals surface area contributed by atoms with Crippen LogP contribution in [0.4, 0.5) is 5.69 Å². The summed E-state index contributed by atoms with van der Waals surface area (Å²) in [6, 6.07) is 9.76. The van der Waals surface area contributed by atoms with Crippen LogP contribution in [0.5, 0.6) is 0 Å². The molecule has 1 aromatic rings. The Labute approximate surface area is 231 Å². The topological polar surface area (TPSA) is 49.8 Å². The van der Waals surface area contributed by atoms with Gasteiger partial charge in [0, 0.05) is 32.3 Å². The predicted molar refractivity (Wildman–Crippen MR) is 156 cm³/mol. The van der Waals surface area contributed by atoms with E-state index in [0.717, 1.165) is 25.7 Å². The molecule has 0 spiro atoms. The van der Waals surface area contributed by atoms with E-state index in [1.165, 1.54) is 29.7 Å². The molecule has 208 valence electrons. The molecule has 7 unspecified atom stereocenters. The third kappa shape index (κ3) is 5.47. The maximum Gasteiger partial charge on any atom is 0.155 e. The minimum absolute atomic E-state index is 0.0327. The van der Waals surface area contributed by atoms with Gasteiger partial charge in [0.25, 0.3) is 0 Å². The van der Waals surface area contributed by atoms with Gasteiger partial charge in [0.15, 0.2) is 5.78 Å². The number of benzene rings is 1. The maximum atomic E-state index is 12.1. The standard InChI is InChI=1S/C28H39NO2.C6H10O/c1-17(2)29(4)20-8-5-18(6-9-20)24-16-28(3)25(13-14-26(28)31)23-11-7-19-15-21(30)10-12-22(19)27(23)24;1-5-6(2,3)7-4/h5-6,8-9,15,17,22-27,31H,7,10-14,16H2,1-4H3;1H,2-4H3. The number of hydrogen-bond acceptors (Lipinski definition) is 4. The smallest absolute Gasteiger partial charge is 0.155 e. The van der Waals surface area contributed by atoms with Crippen LogP contribution in [0.3, 0.4) is 0 Å². The van der Waals surface area contributed by atoms with Crippen molar-refractivity contribution < 1.29 is 14.6 Å². The first-order valence-corrected chi connectivity index (χ1v) is 14.7. The average molecular weight is 520 g/mol. The summed E-state index contributed by atoms with van der Waals surface area (Å²) in [4.78, 5) is 14.5. The Morgan fingerprint density at radius 1 is 1.11 bits per heavy atom. The van der Waals surface area contributed by atoms with Gasteiger partial charge in [-0.2, -0.15) is 0 Å². The van der Waals surface area contributed by atoms with Gasteiger partial charge in [-0.15, -0.1) is 6.42 Å². The molecule has 5 rings (SSSR count). The number of fused-ring (bicyclic) bond motifs is 5. The third-order valence-electron chi connectivity index (χ3n) is 10.6. The molecule has 0 aromatic heterocycles. The van der Waals surface area contributed by atoms with Crippen molar-refractivity contribution in [3.05, 3.63) is 41.5 Å². The van der Waals surface area contributed by atoms with Crippen LogP contribution in [0.2, 0.25) is 0 Å². The van der Waals surface area contributed by atoms with Crippen molar-refractivity contribution in [3.8, 4) is 12.3 Å². The third-order valence-corrected chi connectivity index (χ3v) is 10.6. The first-order chi connectivity index (χ1) is 17.9. The van der Waals surface area contributed by atoms with Crippen LogP contribution in [-0.2, 0) is 9.53 Å². The number of terminal acetylenes is 1. The molecule has 7 atom stereocenters. The molecule has 0 radical (unpaired) electrons. The number of ether oxygens (including phenoxy) is 1. The molecule has 4 aliphatic rings. The van der Waals surface area contributed by atoms with Crippen LogP contribution in [0.15, 0.2) is 35.9 Å². The molecule has 0 heterocycles. The quantitative estimate of drug-likeness (QED) is 0.446. The predicted octanol–water partition coefficient (Wildman–Crippen LogP) is 6.77. The van der Waals surface area contributed by atoms with Gasteiger partial charge in [0.1, 0.15) is 5.60 Å². The number of ketones is 1. The van der Waals surface area contributed by atoms with Gasteiger partial charge in [-0.1, -0.05) is 30.6 Å². The SMILES string of the molecule is C#CC(C)(C)OC.CC(C)N(C)c1ccc(C2CC3(C)C(O)CCC3C3CCC4=CC(=O)CCC4C23)cc1. The van der Waals surface area contributed by atoms with Crippen molar-refractivity contribution in [2.75, 3.05) is 19.1 Å². The maximum absolute atomic E-state index is 12.1. The lowest BCUT2D eigenvalue weighted by atomic mass is 9.48. The summed E-state index contributed by atoms with van der Waals surface area (Å²) in [5.74, 6) is 5.75. The minimum atomic E-state index is -0.389. The Bertz CT molecular complexity index is 1060. The van der Waals surface area contributed by atoms with E-state index in [2.05, 4.69) is 62.9 Å². The Kier molecular flexibility index (Phi) is 8.51. The van der Waals surface area contributed by atoms with Crippen molar-refractivity contribution in [2.24, 2.45) is 29.1 Å². The zero-order valence-corrected chi connectivity index (χ0v) is 24.7. The largest absolute Gasteiger partial charge is 0.393 e. The average Bonchev–Trinajstić information content (AvgIpc) is 3.21. The number of nitrogens with zero attached hydrogens (tertiary/aromatic N) is 1. The molecule has 38 heavy (non-hydrogen) atoms. The van der Waals surface area contributed by atoms with Crippen molar-refractivity contribution in [2.45, 2.75) is 103 Å². The second kappa shape index (κ2) is 11.2. The monoisotopic (exact) mass is 519 g/mol. The van der Waals surface area contributed by atoms with E-state index in [4.69, 9.17) is 11.2 Å². The van der Waals surface area contributed by atoms with E-state index < -0.39 is 0 Å². The van der Waals surface area contributed by atoms with Crippen molar-refractivity contribution in [1.29, 1.82) is 0 Å². The lowest BCUT2D eigenvalue weighted by Crippen LogP contribution is -2.50. The lowest BCUT2D eigenvalue weighted by Gasteiger charge is -2.57. The molecule has 1 N–H and O–H groups in total. The van der Waals surface area contributed by atoms with Crippen LogP contribution in [0, 0.1) is 41.4 Å². The molecule has 4 aliphatic carbocycles. The van der Waals surface area contributed by atoms with Gasteiger partial charge in [0.2, 0.25) is 0 Å². The first-order valence-electron chi connectivity index (χ1n) is 14.7. The van der Waals surface area contributed by atoms with Gasteiger partial charge in [0.05, 0.1) is 6.10 Å². The number of aliphatic hydroxyl groups excluding tert-OH is 1. The Morgan fingerprint density at radius 2 is 1.79 bits per heavy atom. The van der Waals surface area contributed by atoms with Crippen LogP contribution >= 0.6 is 0 Å². The number of methoxy groups -OCH3 is 1. The molecule has 0 amide bonds. The van der Waals surface area contributed by atoms with Gasteiger partial charge < -0.3 is 14.7 Å². The zero-order chi connectivity index (χ0) is 27.8. The Hall–Kier alpha value is -2.09. The number of rotatable bonds is 4. The summed E-state index contributed by atoms with van der Waals surface area (Å²) in [6.07, 6.45) is 14.1. The fourth-order valence-electron chi connectivity index (χ4n) is 7.94. The molecular formula is C34H49NO3. The highest BCUT2D eigenvalue weighted by molar-refractivity contribution is 5.91. The summed E-state index contributed by atoms with van der Waals surface area (Å²) < 4.78 is 4.85. The molecule has 4 nitrogen and oxygen atoms in total. The van der Waals surface area contributed by atoms with E-state index in [9.17, 15) is 9.90 Å². The second-order valence-corrected chi connectivity index (χ2v) is 13.3. The van der Waals surface area contributed by atoms with Crippen molar-refractivity contribution in [1.82, 2.24) is 0 Å². The van der Waals surface area contributed by atoms with Crippen molar-refractivity contribution in [3.63, 3.8) is 0 Å². The number of carbonyl (C=O) groups is 1. The van der Waals surface area contributed by atoms with Gasteiger partial charge in [-0.25, -0.2) is 0 Å². The van der Waals surface area contributed by atoms with E-state index in [-0.39, 0.29) is 17.1 Å². The highest BCUT2D eigenvalue weighted by Gasteiger charge is 2.59. The van der Waals surface area contributed by atoms with Crippen LogP contribution in [0.25, 0.3) is 0 Å². The normalized spacial score (nSPS) is 34.2. The van der Waals surface area contributed by atoms with E-state index in [0.29, 0.717) is 47.8 Å². The number of allylic oxidation sites excluding steroid dienone is 1. The van der Waals surface area contributed by atoms with Crippen LogP contribution in [-0.4, -0.2) is 42.8 Å². The molecular weight excluding hydrogens is 470 g/mol. The van der Waals surface area contributed by atoms with Crippen LogP contribution < -0.4 is 4.90 Å². The molecule has 1 aromatic carbocycles. The summed E-state index contributed by atoms with van der Waals surface area (Å²) in [5, 5.41) is 11.0. The first kappa shape index (κ1) is 28.9. The van der Waals surface area contributed by atoms with E-state index in [1.54, 1.807) is 7.11 Å². The van der Waals surface area contributed by atoms with Gasteiger partial charge in [-0.3, -0.25) is 4.79 Å². The van der Waals surface area contributed by atoms with Crippen molar-refractivity contribution >= 4 is 11.5 Å². The van der Waals surface area contributed by atoms with E-state index >= 15 is 0 Å². The number of aliphatic hydroxyl groups is 1. The van der Waals surface area contributed by atoms with Gasteiger partial charge >= 0.3 is 0 Å². The summed E-state index contributed by atoms with van der Waals surface area (Å²) in [5.41, 5.74) is 3.78. The van der Waals surface area contributed by atoms with Gasteiger partial charge in [-0.05, 0) is 125 Å². The Balaban J connectivity index is 0.000000426. The Morgan fingerprint density at radius 3 is 2.37 bits per heavy atom. The molecule has 3 saturated carbocycles. The molecule has 4 heteroatoms. The summed E-state index contributed by atoms with van der Waals surface area (Å²) in [6.45, 7) is 10.5. The number of hydrogen-bond donors (Lipinski definition) is 1. The second-order valence-electron chi connectivity index (χ2n) is 13.3. The highest BCUT2D eigenvalue weighted by atomic mass is 16.5. The van der Waals surface area contributed by atoms with E-state index in [1.807, 2.05) is 19.9 Å². The minimum Gasteiger partial charge on any atom is -0.393 e. The number of carbonyl (C=O) groups excluding carboxylic acids is 1. The molecule has 3 fully saturated rings. The molecule has 0 bridgehead atoms. The fourth-order valence-corrected chi connectivity index (χ4v) is 7.94. The molecule has 0 aliphatic heterocycles. The lowest BCUT2D eigenvalue weighted by molar-refractivity contribution is -0.116. The fraction of sp³-hybridized carbons (Fsp3) is 0.676.